The van der Waals surface area contributed by atoms with Crippen molar-refractivity contribution < 1.29 is 9.53 Å². The van der Waals surface area contributed by atoms with Gasteiger partial charge in [0.25, 0.3) is 0 Å². The summed E-state index contributed by atoms with van der Waals surface area (Å²) in [7, 11) is 0. The number of rotatable bonds is 7. The van der Waals surface area contributed by atoms with Crippen LogP contribution in [0.1, 0.15) is 44.7 Å². The normalized spacial score (nSPS) is 16.1. The first-order valence-electron chi connectivity index (χ1n) is 9.11. The number of benzene rings is 1. The van der Waals surface area contributed by atoms with Crippen LogP contribution in [0.4, 0.5) is 0 Å². The van der Waals surface area contributed by atoms with E-state index in [2.05, 4.69) is 55.3 Å². The van der Waals surface area contributed by atoms with Crippen LogP contribution in [0, 0.1) is 0 Å². The van der Waals surface area contributed by atoms with Crippen LogP contribution in [-0.2, 0) is 21.4 Å². The second kappa shape index (κ2) is 9.19. The molecule has 24 heavy (non-hydrogen) atoms. The van der Waals surface area contributed by atoms with Crippen molar-refractivity contribution in [2.24, 2.45) is 0 Å². The van der Waals surface area contributed by atoms with E-state index in [1.807, 2.05) is 0 Å². The summed E-state index contributed by atoms with van der Waals surface area (Å²) in [5.41, 5.74) is 2.86. The summed E-state index contributed by atoms with van der Waals surface area (Å²) in [5.74, 6) is 0.162. The molecule has 1 aliphatic rings. The number of morpholine rings is 1. The van der Waals surface area contributed by atoms with Crippen molar-refractivity contribution in [3.05, 3.63) is 35.4 Å². The van der Waals surface area contributed by atoms with Crippen molar-refractivity contribution in [3.8, 4) is 0 Å². The van der Waals surface area contributed by atoms with E-state index in [0.717, 1.165) is 52.2 Å². The van der Waals surface area contributed by atoms with E-state index in [0.29, 0.717) is 6.42 Å². The molecule has 1 amide bonds. The Morgan fingerprint density at radius 1 is 1.17 bits per heavy atom. The van der Waals surface area contributed by atoms with E-state index < -0.39 is 0 Å². The number of hydrogen-bond donors (Lipinski definition) is 1. The smallest absolute Gasteiger partial charge is 0.220 e. The summed E-state index contributed by atoms with van der Waals surface area (Å²) in [6.45, 7) is 11.9. The molecule has 1 aliphatic heterocycles. The van der Waals surface area contributed by atoms with E-state index in [-0.39, 0.29) is 11.3 Å². The summed E-state index contributed by atoms with van der Waals surface area (Å²) in [5, 5.41) is 3.02. The minimum Gasteiger partial charge on any atom is -0.379 e. The zero-order chi connectivity index (χ0) is 17.4. The molecule has 0 aliphatic carbocycles. The molecule has 0 spiro atoms. The maximum absolute atomic E-state index is 11.9. The van der Waals surface area contributed by atoms with Gasteiger partial charge in [-0.2, -0.15) is 0 Å². The van der Waals surface area contributed by atoms with Gasteiger partial charge in [-0.1, -0.05) is 45.0 Å². The quantitative estimate of drug-likeness (QED) is 0.835. The lowest BCUT2D eigenvalue weighted by atomic mass is 9.86. The summed E-state index contributed by atoms with van der Waals surface area (Å²) in [6, 6.07) is 8.79. The lowest BCUT2D eigenvalue weighted by Gasteiger charge is -2.26. The largest absolute Gasteiger partial charge is 0.379 e. The number of amides is 1. The van der Waals surface area contributed by atoms with Crippen molar-refractivity contribution in [1.82, 2.24) is 10.2 Å². The first kappa shape index (κ1) is 18.9. The summed E-state index contributed by atoms with van der Waals surface area (Å²) < 4.78 is 5.32. The highest BCUT2D eigenvalue weighted by molar-refractivity contribution is 5.75. The van der Waals surface area contributed by atoms with E-state index in [4.69, 9.17) is 4.74 Å². The summed E-state index contributed by atoms with van der Waals surface area (Å²) >= 11 is 0. The van der Waals surface area contributed by atoms with Crippen LogP contribution >= 0.6 is 0 Å². The van der Waals surface area contributed by atoms with Gasteiger partial charge in [0.05, 0.1) is 13.2 Å². The predicted octanol–water partition coefficient (Wildman–Crippen LogP) is 2.76. The third kappa shape index (κ3) is 6.62. The van der Waals surface area contributed by atoms with E-state index in [1.54, 1.807) is 0 Å². The number of carbonyl (C=O) groups excluding carboxylic acids is 1. The molecule has 1 saturated heterocycles. The predicted molar refractivity (Wildman–Crippen MR) is 98.3 cm³/mol. The van der Waals surface area contributed by atoms with Gasteiger partial charge in [0.2, 0.25) is 5.91 Å². The van der Waals surface area contributed by atoms with Crippen LogP contribution in [0.5, 0.6) is 0 Å². The fourth-order valence-electron chi connectivity index (χ4n) is 2.89. The van der Waals surface area contributed by atoms with Crippen molar-refractivity contribution in [3.63, 3.8) is 0 Å². The average molecular weight is 332 g/mol. The van der Waals surface area contributed by atoms with E-state index in [1.165, 1.54) is 11.1 Å². The Kier molecular flexibility index (Phi) is 7.25. The Morgan fingerprint density at radius 3 is 2.46 bits per heavy atom. The zero-order valence-corrected chi connectivity index (χ0v) is 15.4. The van der Waals surface area contributed by atoms with Crippen molar-refractivity contribution in [2.45, 2.75) is 45.4 Å². The molecule has 1 fully saturated rings. The van der Waals surface area contributed by atoms with Crippen molar-refractivity contribution in [2.75, 3.05) is 39.4 Å². The number of nitrogens with zero attached hydrogens (tertiary/aromatic N) is 1. The molecule has 0 aromatic heterocycles. The monoisotopic (exact) mass is 332 g/mol. The first-order chi connectivity index (χ1) is 11.4. The lowest BCUT2D eigenvalue weighted by Crippen LogP contribution is -2.41. The summed E-state index contributed by atoms with van der Waals surface area (Å²) in [6.07, 6.45) is 2.46. The molecule has 0 bridgehead atoms. The van der Waals surface area contributed by atoms with Crippen LogP contribution in [0.2, 0.25) is 0 Å². The van der Waals surface area contributed by atoms with Crippen LogP contribution in [0.3, 0.4) is 0 Å². The summed E-state index contributed by atoms with van der Waals surface area (Å²) in [4.78, 5) is 14.2. The fourth-order valence-corrected chi connectivity index (χ4v) is 2.89. The number of hydrogen-bond acceptors (Lipinski definition) is 3. The Labute approximate surface area is 146 Å². The van der Waals surface area contributed by atoms with Gasteiger partial charge >= 0.3 is 0 Å². The molecular formula is C20H32N2O2. The highest BCUT2D eigenvalue weighted by atomic mass is 16.5. The average Bonchev–Trinajstić information content (AvgIpc) is 2.55. The topological polar surface area (TPSA) is 41.6 Å². The minimum atomic E-state index is 0.162. The molecule has 134 valence electrons. The van der Waals surface area contributed by atoms with Gasteiger partial charge in [-0.25, -0.2) is 0 Å². The maximum atomic E-state index is 11.9. The molecule has 0 saturated carbocycles. The maximum Gasteiger partial charge on any atom is 0.220 e. The van der Waals surface area contributed by atoms with Crippen LogP contribution < -0.4 is 5.32 Å². The Morgan fingerprint density at radius 2 is 1.83 bits per heavy atom. The molecule has 1 aromatic rings. The highest BCUT2D eigenvalue weighted by Gasteiger charge is 2.13. The Hall–Kier alpha value is -1.39. The van der Waals surface area contributed by atoms with Gasteiger partial charge in [-0.3, -0.25) is 9.69 Å². The molecule has 1 N–H and O–H groups in total. The standard InChI is InChI=1S/C20H32N2O2/c1-20(2,3)18-9-7-17(8-10-18)5-4-6-19(23)21-11-12-22-13-15-24-16-14-22/h7-10H,4-6,11-16H2,1-3H3,(H,21,23). The number of aryl methyl sites for hydroxylation is 1. The van der Waals surface area contributed by atoms with Crippen LogP contribution in [-0.4, -0.2) is 50.2 Å². The van der Waals surface area contributed by atoms with Crippen LogP contribution in [0.25, 0.3) is 0 Å². The Balaban J connectivity index is 1.60. The molecule has 4 heteroatoms. The number of nitrogens with one attached hydrogen (secondary N) is 1. The lowest BCUT2D eigenvalue weighted by molar-refractivity contribution is -0.121. The number of ether oxygens (including phenoxy) is 1. The molecular weight excluding hydrogens is 300 g/mol. The molecule has 0 atom stereocenters. The van der Waals surface area contributed by atoms with E-state index in [9.17, 15) is 4.79 Å². The third-order valence-corrected chi connectivity index (χ3v) is 4.54. The molecule has 4 nitrogen and oxygen atoms in total. The minimum absolute atomic E-state index is 0.162. The first-order valence-corrected chi connectivity index (χ1v) is 9.11. The second-order valence-electron chi connectivity index (χ2n) is 7.60. The molecule has 1 heterocycles. The highest BCUT2D eigenvalue weighted by Crippen LogP contribution is 2.22. The number of carbonyl (C=O) groups is 1. The van der Waals surface area contributed by atoms with Crippen molar-refractivity contribution >= 4 is 5.91 Å². The molecule has 0 unspecified atom stereocenters. The SMILES string of the molecule is CC(C)(C)c1ccc(CCCC(=O)NCCN2CCOCC2)cc1. The van der Waals surface area contributed by atoms with Gasteiger partial charge in [0.1, 0.15) is 0 Å². The zero-order valence-electron chi connectivity index (χ0n) is 15.4. The van der Waals surface area contributed by atoms with E-state index >= 15 is 0 Å². The molecule has 2 rings (SSSR count). The van der Waals surface area contributed by atoms with Gasteiger partial charge in [0.15, 0.2) is 0 Å². The van der Waals surface area contributed by atoms with Gasteiger partial charge in [-0.05, 0) is 29.4 Å². The molecule has 0 radical (unpaired) electrons. The van der Waals surface area contributed by atoms with Gasteiger partial charge in [0, 0.05) is 32.6 Å². The van der Waals surface area contributed by atoms with Crippen LogP contribution in [0.15, 0.2) is 24.3 Å². The second-order valence-corrected chi connectivity index (χ2v) is 7.60. The Bertz CT molecular complexity index is 499. The third-order valence-electron chi connectivity index (χ3n) is 4.54. The molecule has 1 aromatic carbocycles. The van der Waals surface area contributed by atoms with Crippen molar-refractivity contribution in [1.29, 1.82) is 0 Å². The van der Waals surface area contributed by atoms with Gasteiger partial charge in [-0.15, -0.1) is 0 Å². The van der Waals surface area contributed by atoms with Gasteiger partial charge < -0.3 is 10.1 Å². The fraction of sp³-hybridized carbons (Fsp3) is 0.650.